The van der Waals surface area contributed by atoms with Crippen LogP contribution in [-0.2, 0) is 4.79 Å². The van der Waals surface area contributed by atoms with Crippen LogP contribution in [0.4, 0.5) is 15.8 Å². The van der Waals surface area contributed by atoms with Crippen LogP contribution < -0.4 is 4.90 Å². The lowest BCUT2D eigenvalue weighted by Gasteiger charge is -2.17. The molecule has 2 aromatic rings. The van der Waals surface area contributed by atoms with Crippen molar-refractivity contribution in [3.63, 3.8) is 0 Å². The fourth-order valence-corrected chi connectivity index (χ4v) is 1.74. The summed E-state index contributed by atoms with van der Waals surface area (Å²) in [7, 11) is 0. The Morgan fingerprint density at radius 2 is 1.41 bits per heavy atom. The van der Waals surface area contributed by atoms with Crippen molar-refractivity contribution in [3.8, 4) is 0 Å². The lowest BCUT2D eigenvalue weighted by atomic mass is 10.2. The molecule has 0 aliphatic rings. The molecule has 2 rings (SSSR count). The second-order valence-corrected chi connectivity index (χ2v) is 4.34. The first-order chi connectivity index (χ1) is 8.20. The largest absolute Gasteiger partial charge is 0.284 e. The Morgan fingerprint density at radius 3 is 1.88 bits per heavy atom. The van der Waals surface area contributed by atoms with Gasteiger partial charge in [0.1, 0.15) is 5.82 Å². The molecule has 17 heavy (non-hydrogen) atoms. The summed E-state index contributed by atoms with van der Waals surface area (Å²) in [5.41, 5.74) is 1.36. The number of carbonyl (C=O) groups excluding carboxylic acids is 1. The number of halogens is 2. The Morgan fingerprint density at radius 1 is 0.941 bits per heavy atom. The van der Waals surface area contributed by atoms with Gasteiger partial charge in [-0.1, -0.05) is 15.9 Å². The quantitative estimate of drug-likeness (QED) is 0.787. The summed E-state index contributed by atoms with van der Waals surface area (Å²) in [6.07, 6.45) is 0.705. The normalized spacial score (nSPS) is 10.0. The van der Waals surface area contributed by atoms with Crippen LogP contribution in [0.2, 0.25) is 0 Å². The van der Waals surface area contributed by atoms with Crippen LogP contribution >= 0.6 is 15.9 Å². The van der Waals surface area contributed by atoms with Gasteiger partial charge in [0.2, 0.25) is 6.41 Å². The molecule has 0 aliphatic heterocycles. The Hall–Kier alpha value is -1.68. The van der Waals surface area contributed by atoms with E-state index in [4.69, 9.17) is 0 Å². The molecule has 0 unspecified atom stereocenters. The standard InChI is InChI=1S/C13H9BrFNO/c14-10-1-5-12(6-2-10)16(9-17)13-7-3-11(15)4-8-13/h1-9H. The maximum Gasteiger partial charge on any atom is 0.218 e. The van der Waals surface area contributed by atoms with Gasteiger partial charge >= 0.3 is 0 Å². The number of carbonyl (C=O) groups is 1. The van der Waals surface area contributed by atoms with Gasteiger partial charge in [-0.25, -0.2) is 4.39 Å². The molecule has 1 amide bonds. The van der Waals surface area contributed by atoms with E-state index in [-0.39, 0.29) is 5.82 Å². The molecule has 0 bridgehead atoms. The molecule has 0 aromatic heterocycles. The zero-order valence-corrected chi connectivity index (χ0v) is 10.4. The molecule has 0 saturated heterocycles. The number of amides is 1. The topological polar surface area (TPSA) is 20.3 Å². The number of anilines is 2. The van der Waals surface area contributed by atoms with Crippen molar-refractivity contribution in [2.24, 2.45) is 0 Å². The van der Waals surface area contributed by atoms with E-state index in [1.54, 1.807) is 12.1 Å². The van der Waals surface area contributed by atoms with Crippen molar-refractivity contribution in [2.75, 3.05) is 4.90 Å². The van der Waals surface area contributed by atoms with Gasteiger partial charge in [-0.05, 0) is 48.5 Å². The van der Waals surface area contributed by atoms with Crippen molar-refractivity contribution in [1.29, 1.82) is 0 Å². The van der Waals surface area contributed by atoms with Crippen molar-refractivity contribution in [2.45, 2.75) is 0 Å². The molecule has 86 valence electrons. The molecule has 2 nitrogen and oxygen atoms in total. The van der Waals surface area contributed by atoms with Crippen LogP contribution in [0.25, 0.3) is 0 Å². The van der Waals surface area contributed by atoms with Crippen LogP contribution in [-0.4, -0.2) is 6.41 Å². The summed E-state index contributed by atoms with van der Waals surface area (Å²) in [5.74, 6) is -0.324. The first-order valence-electron chi connectivity index (χ1n) is 4.96. The van der Waals surface area contributed by atoms with E-state index in [1.807, 2.05) is 24.3 Å². The third kappa shape index (κ3) is 2.71. The smallest absolute Gasteiger partial charge is 0.218 e. The second kappa shape index (κ2) is 5.10. The molecule has 2 aromatic carbocycles. The van der Waals surface area contributed by atoms with Gasteiger partial charge < -0.3 is 0 Å². The average molecular weight is 294 g/mol. The Kier molecular flexibility index (Phi) is 3.54. The third-order valence-corrected chi connectivity index (χ3v) is 2.84. The monoisotopic (exact) mass is 293 g/mol. The van der Waals surface area contributed by atoms with Gasteiger partial charge in [0.25, 0.3) is 0 Å². The zero-order chi connectivity index (χ0) is 12.3. The summed E-state index contributed by atoms with van der Waals surface area (Å²) in [5, 5.41) is 0. The summed E-state index contributed by atoms with van der Waals surface area (Å²) in [6.45, 7) is 0. The van der Waals surface area contributed by atoms with Gasteiger partial charge in [-0.15, -0.1) is 0 Å². The minimum Gasteiger partial charge on any atom is -0.284 e. The highest BCUT2D eigenvalue weighted by Crippen LogP contribution is 2.25. The van der Waals surface area contributed by atoms with Gasteiger partial charge in [-0.2, -0.15) is 0 Å². The van der Waals surface area contributed by atoms with Crippen LogP contribution in [0.5, 0.6) is 0 Å². The molecule has 0 N–H and O–H groups in total. The minimum atomic E-state index is -0.324. The van der Waals surface area contributed by atoms with E-state index in [0.29, 0.717) is 12.1 Å². The van der Waals surface area contributed by atoms with E-state index < -0.39 is 0 Å². The molecule has 0 aliphatic carbocycles. The molecule has 0 atom stereocenters. The number of hydrogen-bond acceptors (Lipinski definition) is 1. The number of rotatable bonds is 3. The SMILES string of the molecule is O=CN(c1ccc(F)cc1)c1ccc(Br)cc1. The van der Waals surface area contributed by atoms with Crippen LogP contribution in [0.15, 0.2) is 53.0 Å². The van der Waals surface area contributed by atoms with Gasteiger partial charge in [0.15, 0.2) is 0 Å². The molecule has 0 heterocycles. The third-order valence-electron chi connectivity index (χ3n) is 2.32. The van der Waals surface area contributed by atoms with Gasteiger partial charge in [0.05, 0.1) is 0 Å². The van der Waals surface area contributed by atoms with E-state index in [2.05, 4.69) is 15.9 Å². The molecule has 0 fully saturated rings. The summed E-state index contributed by atoms with van der Waals surface area (Å²) >= 11 is 3.33. The summed E-state index contributed by atoms with van der Waals surface area (Å²) in [6, 6.07) is 13.1. The van der Waals surface area contributed by atoms with Crippen molar-refractivity contribution >= 4 is 33.7 Å². The van der Waals surface area contributed by atoms with Crippen LogP contribution in [0, 0.1) is 5.82 Å². The van der Waals surface area contributed by atoms with Gasteiger partial charge in [-0.3, -0.25) is 9.69 Å². The predicted molar refractivity (Wildman–Crippen MR) is 68.7 cm³/mol. The maximum absolute atomic E-state index is 12.8. The van der Waals surface area contributed by atoms with Crippen LogP contribution in [0.1, 0.15) is 0 Å². The van der Waals surface area contributed by atoms with E-state index in [9.17, 15) is 9.18 Å². The fourth-order valence-electron chi connectivity index (χ4n) is 1.47. The number of benzene rings is 2. The van der Waals surface area contributed by atoms with E-state index >= 15 is 0 Å². The zero-order valence-electron chi connectivity index (χ0n) is 8.81. The van der Waals surface area contributed by atoms with E-state index in [1.165, 1.54) is 17.0 Å². The Balaban J connectivity index is 2.36. The maximum atomic E-state index is 12.8. The Labute approximate surface area is 107 Å². The Bertz CT molecular complexity index is 464. The number of nitrogens with zero attached hydrogens (tertiary/aromatic N) is 1. The molecule has 0 spiro atoms. The predicted octanol–water partition coefficient (Wildman–Crippen LogP) is 3.88. The fraction of sp³-hybridized carbons (Fsp3) is 0. The molecule has 4 heteroatoms. The highest BCUT2D eigenvalue weighted by molar-refractivity contribution is 9.10. The molecule has 0 saturated carbocycles. The first kappa shape index (κ1) is 11.8. The molecule has 0 radical (unpaired) electrons. The van der Waals surface area contributed by atoms with Gasteiger partial charge in [0, 0.05) is 15.8 Å². The highest BCUT2D eigenvalue weighted by Gasteiger charge is 2.07. The number of hydrogen-bond donors (Lipinski definition) is 0. The van der Waals surface area contributed by atoms with Crippen molar-refractivity contribution in [1.82, 2.24) is 0 Å². The summed E-state index contributed by atoms with van der Waals surface area (Å²) < 4.78 is 13.7. The lowest BCUT2D eigenvalue weighted by molar-refractivity contribution is -0.106. The van der Waals surface area contributed by atoms with Crippen molar-refractivity contribution in [3.05, 3.63) is 58.8 Å². The minimum absolute atomic E-state index is 0.324. The van der Waals surface area contributed by atoms with E-state index in [0.717, 1.165) is 10.2 Å². The van der Waals surface area contributed by atoms with Crippen molar-refractivity contribution < 1.29 is 9.18 Å². The highest BCUT2D eigenvalue weighted by atomic mass is 79.9. The van der Waals surface area contributed by atoms with Crippen LogP contribution in [0.3, 0.4) is 0 Å². The second-order valence-electron chi connectivity index (χ2n) is 3.43. The average Bonchev–Trinajstić information content (AvgIpc) is 2.35. The summed E-state index contributed by atoms with van der Waals surface area (Å²) in [4.78, 5) is 12.5. The first-order valence-corrected chi connectivity index (χ1v) is 5.75. The molecular formula is C13H9BrFNO. The lowest BCUT2D eigenvalue weighted by Crippen LogP contribution is -2.13. The molecular weight excluding hydrogens is 285 g/mol.